The SMILES string of the molecule is COc1cc(CNC(=O)N(C)Cc2c(C)noc2C)ccn1. The van der Waals surface area contributed by atoms with E-state index in [4.69, 9.17) is 9.26 Å². The predicted octanol–water partition coefficient (Wildman–Crippen LogP) is 2.04. The van der Waals surface area contributed by atoms with Crippen LogP contribution in [-0.2, 0) is 13.1 Å². The molecule has 22 heavy (non-hydrogen) atoms. The van der Waals surface area contributed by atoms with Crippen molar-refractivity contribution >= 4 is 6.03 Å². The van der Waals surface area contributed by atoms with E-state index < -0.39 is 0 Å². The van der Waals surface area contributed by atoms with Crippen LogP contribution in [0.1, 0.15) is 22.6 Å². The maximum absolute atomic E-state index is 12.1. The quantitative estimate of drug-likeness (QED) is 0.914. The van der Waals surface area contributed by atoms with Gasteiger partial charge in [0.2, 0.25) is 5.88 Å². The summed E-state index contributed by atoms with van der Waals surface area (Å²) in [6.07, 6.45) is 1.65. The van der Waals surface area contributed by atoms with Crippen molar-refractivity contribution in [3.8, 4) is 5.88 Å². The van der Waals surface area contributed by atoms with E-state index in [1.54, 1.807) is 31.3 Å². The molecule has 1 N–H and O–H groups in total. The summed E-state index contributed by atoms with van der Waals surface area (Å²) in [5.41, 5.74) is 2.66. The number of hydrogen-bond acceptors (Lipinski definition) is 5. The van der Waals surface area contributed by atoms with Gasteiger partial charge in [0, 0.05) is 31.4 Å². The maximum Gasteiger partial charge on any atom is 0.317 e. The van der Waals surface area contributed by atoms with Crippen molar-refractivity contribution in [3.63, 3.8) is 0 Å². The molecule has 0 aromatic carbocycles. The molecule has 0 fully saturated rings. The number of carbonyl (C=O) groups is 1. The van der Waals surface area contributed by atoms with Crippen molar-refractivity contribution in [1.29, 1.82) is 0 Å². The van der Waals surface area contributed by atoms with Crippen LogP contribution in [0, 0.1) is 13.8 Å². The van der Waals surface area contributed by atoms with Crippen molar-refractivity contribution in [2.24, 2.45) is 0 Å². The van der Waals surface area contributed by atoms with Crippen LogP contribution >= 0.6 is 0 Å². The van der Waals surface area contributed by atoms with E-state index in [9.17, 15) is 4.79 Å². The highest BCUT2D eigenvalue weighted by Gasteiger charge is 2.15. The third-order valence-electron chi connectivity index (χ3n) is 3.38. The molecule has 2 rings (SSSR count). The number of aromatic nitrogens is 2. The molecule has 2 heterocycles. The molecule has 0 unspecified atom stereocenters. The van der Waals surface area contributed by atoms with Crippen molar-refractivity contribution in [2.45, 2.75) is 26.9 Å². The van der Waals surface area contributed by atoms with Crippen molar-refractivity contribution in [1.82, 2.24) is 20.4 Å². The summed E-state index contributed by atoms with van der Waals surface area (Å²) in [6.45, 7) is 4.56. The second-order valence-corrected chi connectivity index (χ2v) is 5.02. The van der Waals surface area contributed by atoms with Gasteiger partial charge in [-0.3, -0.25) is 0 Å². The van der Waals surface area contributed by atoms with Crippen LogP contribution in [0.4, 0.5) is 4.79 Å². The first-order valence-electron chi connectivity index (χ1n) is 6.91. The van der Waals surface area contributed by atoms with Gasteiger partial charge < -0.3 is 19.5 Å². The Morgan fingerprint density at radius 2 is 2.23 bits per heavy atom. The van der Waals surface area contributed by atoms with E-state index in [2.05, 4.69) is 15.5 Å². The number of hydrogen-bond donors (Lipinski definition) is 1. The van der Waals surface area contributed by atoms with Crippen LogP contribution in [0.5, 0.6) is 5.88 Å². The smallest absolute Gasteiger partial charge is 0.317 e. The summed E-state index contributed by atoms with van der Waals surface area (Å²) in [5, 5.41) is 6.74. The highest BCUT2D eigenvalue weighted by atomic mass is 16.5. The minimum atomic E-state index is -0.171. The fourth-order valence-electron chi connectivity index (χ4n) is 2.02. The zero-order chi connectivity index (χ0) is 16.1. The predicted molar refractivity (Wildman–Crippen MR) is 80.5 cm³/mol. The first-order valence-corrected chi connectivity index (χ1v) is 6.91. The van der Waals surface area contributed by atoms with Gasteiger partial charge in [0.25, 0.3) is 0 Å². The second-order valence-electron chi connectivity index (χ2n) is 5.02. The molecule has 0 saturated heterocycles. The van der Waals surface area contributed by atoms with E-state index in [0.29, 0.717) is 19.0 Å². The Labute approximate surface area is 129 Å². The van der Waals surface area contributed by atoms with Gasteiger partial charge in [0.15, 0.2) is 0 Å². The third kappa shape index (κ3) is 3.75. The van der Waals surface area contributed by atoms with E-state index in [1.165, 1.54) is 0 Å². The second kappa shape index (κ2) is 6.93. The molecule has 2 aromatic heterocycles. The summed E-state index contributed by atoms with van der Waals surface area (Å²) in [4.78, 5) is 17.8. The number of ether oxygens (including phenoxy) is 1. The molecule has 7 nitrogen and oxygen atoms in total. The molecular weight excluding hydrogens is 284 g/mol. The lowest BCUT2D eigenvalue weighted by atomic mass is 10.2. The first-order chi connectivity index (χ1) is 10.5. The Bertz CT molecular complexity index is 634. The molecule has 7 heteroatoms. The van der Waals surface area contributed by atoms with Crippen LogP contribution in [0.3, 0.4) is 0 Å². The van der Waals surface area contributed by atoms with Gasteiger partial charge in [-0.25, -0.2) is 9.78 Å². The van der Waals surface area contributed by atoms with Crippen LogP contribution in [0.25, 0.3) is 0 Å². The molecule has 0 aliphatic heterocycles. The highest BCUT2D eigenvalue weighted by molar-refractivity contribution is 5.73. The summed E-state index contributed by atoms with van der Waals surface area (Å²) in [5.74, 6) is 1.26. The minimum Gasteiger partial charge on any atom is -0.481 e. The largest absolute Gasteiger partial charge is 0.481 e. The molecule has 0 bridgehead atoms. The first kappa shape index (κ1) is 15.8. The third-order valence-corrected chi connectivity index (χ3v) is 3.38. The normalized spacial score (nSPS) is 10.4. The molecular formula is C15H20N4O3. The minimum absolute atomic E-state index is 0.171. The van der Waals surface area contributed by atoms with Gasteiger partial charge >= 0.3 is 6.03 Å². The molecule has 2 aromatic rings. The standard InChI is InChI=1S/C15H20N4O3/c1-10-13(11(2)22-18-10)9-19(3)15(20)17-8-12-5-6-16-14(7-12)21-4/h5-7H,8-9H2,1-4H3,(H,17,20). The average molecular weight is 304 g/mol. The fraction of sp³-hybridized carbons (Fsp3) is 0.400. The van der Waals surface area contributed by atoms with Gasteiger partial charge in [0.1, 0.15) is 5.76 Å². The van der Waals surface area contributed by atoms with Crippen LogP contribution in [-0.4, -0.2) is 35.2 Å². The van der Waals surface area contributed by atoms with Gasteiger partial charge in [0.05, 0.1) is 19.3 Å². The fourth-order valence-corrected chi connectivity index (χ4v) is 2.02. The Kier molecular flexibility index (Phi) is 4.98. The van der Waals surface area contributed by atoms with Crippen molar-refractivity contribution in [2.75, 3.05) is 14.2 Å². The van der Waals surface area contributed by atoms with E-state index in [-0.39, 0.29) is 6.03 Å². The molecule has 2 amide bonds. The number of carbonyl (C=O) groups excluding carboxylic acids is 1. The van der Waals surface area contributed by atoms with E-state index >= 15 is 0 Å². The molecule has 0 saturated carbocycles. The molecule has 0 spiro atoms. The Hall–Kier alpha value is -2.57. The number of rotatable bonds is 5. The number of nitrogens with one attached hydrogen (secondary N) is 1. The summed E-state index contributed by atoms with van der Waals surface area (Å²) in [6, 6.07) is 3.45. The van der Waals surface area contributed by atoms with Crippen LogP contribution < -0.4 is 10.1 Å². The number of methoxy groups -OCH3 is 1. The topological polar surface area (TPSA) is 80.5 Å². The van der Waals surface area contributed by atoms with Gasteiger partial charge in [-0.1, -0.05) is 5.16 Å². The van der Waals surface area contributed by atoms with Crippen LogP contribution in [0.15, 0.2) is 22.9 Å². The Balaban J connectivity index is 1.91. The number of aryl methyl sites for hydroxylation is 2. The number of amides is 2. The number of urea groups is 1. The average Bonchev–Trinajstić information content (AvgIpc) is 2.84. The lowest BCUT2D eigenvalue weighted by Gasteiger charge is -2.18. The van der Waals surface area contributed by atoms with Gasteiger partial charge in [-0.2, -0.15) is 0 Å². The molecule has 0 aliphatic rings. The lowest BCUT2D eigenvalue weighted by Crippen LogP contribution is -2.36. The molecule has 118 valence electrons. The van der Waals surface area contributed by atoms with Gasteiger partial charge in [-0.05, 0) is 25.5 Å². The lowest BCUT2D eigenvalue weighted by molar-refractivity contribution is 0.206. The maximum atomic E-state index is 12.1. The monoisotopic (exact) mass is 304 g/mol. The summed E-state index contributed by atoms with van der Waals surface area (Å²) < 4.78 is 10.2. The number of pyridine rings is 1. The Morgan fingerprint density at radius 1 is 1.45 bits per heavy atom. The van der Waals surface area contributed by atoms with Crippen molar-refractivity contribution < 1.29 is 14.1 Å². The molecule has 0 radical (unpaired) electrons. The van der Waals surface area contributed by atoms with Gasteiger partial charge in [-0.15, -0.1) is 0 Å². The van der Waals surface area contributed by atoms with E-state index in [0.717, 1.165) is 22.6 Å². The molecule has 0 aliphatic carbocycles. The van der Waals surface area contributed by atoms with Crippen LogP contribution in [0.2, 0.25) is 0 Å². The zero-order valence-corrected chi connectivity index (χ0v) is 13.2. The summed E-state index contributed by atoms with van der Waals surface area (Å²) in [7, 11) is 3.29. The van der Waals surface area contributed by atoms with E-state index in [1.807, 2.05) is 19.9 Å². The summed E-state index contributed by atoms with van der Waals surface area (Å²) >= 11 is 0. The molecule has 0 atom stereocenters. The van der Waals surface area contributed by atoms with Crippen molar-refractivity contribution in [3.05, 3.63) is 40.9 Å². The zero-order valence-electron chi connectivity index (χ0n) is 13.2. The highest BCUT2D eigenvalue weighted by Crippen LogP contribution is 2.14. The Morgan fingerprint density at radius 3 is 2.86 bits per heavy atom. The number of nitrogens with zero attached hydrogens (tertiary/aromatic N) is 3.